The van der Waals surface area contributed by atoms with Crippen LogP contribution in [0, 0.1) is 0 Å². The van der Waals surface area contributed by atoms with E-state index < -0.39 is 24.3 Å². The number of anilines is 1. The van der Waals surface area contributed by atoms with Gasteiger partial charge in [-0.05, 0) is 55.1 Å². The second-order valence-corrected chi connectivity index (χ2v) is 8.18. The van der Waals surface area contributed by atoms with Gasteiger partial charge in [-0.25, -0.2) is 4.79 Å². The first-order chi connectivity index (χ1) is 16.5. The Morgan fingerprint density at radius 1 is 1.15 bits per heavy atom. The maximum Gasteiger partial charge on any atom is 0.412 e. The van der Waals surface area contributed by atoms with Gasteiger partial charge in [-0.15, -0.1) is 11.8 Å². The van der Waals surface area contributed by atoms with E-state index in [4.69, 9.17) is 24.1 Å². The first-order valence-electron chi connectivity index (χ1n) is 10.8. The number of carbonyl (C=O) groups excluding carboxylic acids is 2. The van der Waals surface area contributed by atoms with Crippen molar-refractivity contribution in [2.75, 3.05) is 43.8 Å². The molecular weight excluding hydrogens is 478 g/mol. The fourth-order valence-electron chi connectivity index (χ4n) is 3.11. The number of aliphatic hydroxyl groups excluding tert-OH is 1. The summed E-state index contributed by atoms with van der Waals surface area (Å²) in [6.45, 7) is 2.29. The predicted molar refractivity (Wildman–Crippen MR) is 135 cm³/mol. The standard InChI is InChI=1S/C24H31NO7S2/c1-3-29-21(11-13-31-22(27)16-33)23(17-5-4-6-19(15-17)30-14-12-26)32-24(28)25-18-7-9-20(34-2)10-8-18/h4-10,15,21,23,26,33H,3,11-14,16H2,1-2H3,(H,25,28)/t21-,23-/m0/s1. The maximum atomic E-state index is 12.8. The van der Waals surface area contributed by atoms with E-state index in [1.54, 1.807) is 48.2 Å². The van der Waals surface area contributed by atoms with Crippen molar-refractivity contribution in [3.63, 3.8) is 0 Å². The zero-order chi connectivity index (χ0) is 24.8. The van der Waals surface area contributed by atoms with E-state index in [0.717, 1.165) is 4.90 Å². The summed E-state index contributed by atoms with van der Waals surface area (Å²) >= 11 is 5.51. The first kappa shape index (κ1) is 27.8. The van der Waals surface area contributed by atoms with E-state index in [1.165, 1.54) is 0 Å². The van der Waals surface area contributed by atoms with Gasteiger partial charge < -0.3 is 24.1 Å². The second-order valence-electron chi connectivity index (χ2n) is 6.99. The number of thiol groups is 1. The molecule has 34 heavy (non-hydrogen) atoms. The molecule has 0 heterocycles. The second kappa shape index (κ2) is 15.5. The van der Waals surface area contributed by atoms with Gasteiger partial charge in [-0.1, -0.05) is 12.1 Å². The van der Waals surface area contributed by atoms with Gasteiger partial charge in [0, 0.05) is 23.6 Å². The molecule has 2 aromatic carbocycles. The Morgan fingerprint density at radius 3 is 2.56 bits per heavy atom. The zero-order valence-electron chi connectivity index (χ0n) is 19.3. The summed E-state index contributed by atoms with van der Waals surface area (Å²) in [6, 6.07) is 14.4. The van der Waals surface area contributed by atoms with Crippen molar-refractivity contribution in [2.45, 2.75) is 30.4 Å². The third-order valence-corrected chi connectivity index (χ3v) is 5.63. The van der Waals surface area contributed by atoms with Crippen molar-refractivity contribution in [1.29, 1.82) is 0 Å². The molecule has 2 aromatic rings. The van der Waals surface area contributed by atoms with E-state index in [9.17, 15) is 9.59 Å². The van der Waals surface area contributed by atoms with Gasteiger partial charge in [0.1, 0.15) is 18.5 Å². The van der Waals surface area contributed by atoms with Crippen LogP contribution in [0.4, 0.5) is 10.5 Å². The number of hydrogen-bond donors (Lipinski definition) is 3. The highest BCUT2D eigenvalue weighted by molar-refractivity contribution is 7.98. The number of rotatable bonds is 14. The third kappa shape index (κ3) is 9.46. The summed E-state index contributed by atoms with van der Waals surface area (Å²) in [4.78, 5) is 25.4. The third-order valence-electron chi connectivity index (χ3n) is 4.63. The van der Waals surface area contributed by atoms with Gasteiger partial charge in [0.05, 0.1) is 19.0 Å². The lowest BCUT2D eigenvalue weighted by molar-refractivity contribution is -0.142. The highest BCUT2D eigenvalue weighted by Crippen LogP contribution is 2.29. The average Bonchev–Trinajstić information content (AvgIpc) is 2.86. The predicted octanol–water partition coefficient (Wildman–Crippen LogP) is 4.34. The van der Waals surface area contributed by atoms with Crippen molar-refractivity contribution in [3.8, 4) is 5.75 Å². The molecule has 186 valence electrons. The van der Waals surface area contributed by atoms with Crippen LogP contribution in [0.1, 0.15) is 25.0 Å². The van der Waals surface area contributed by atoms with Gasteiger partial charge in [-0.3, -0.25) is 10.1 Å². The number of hydrogen-bond acceptors (Lipinski definition) is 9. The molecule has 0 fully saturated rings. The molecule has 2 N–H and O–H groups in total. The molecule has 0 saturated carbocycles. The van der Waals surface area contributed by atoms with Crippen LogP contribution in [0.2, 0.25) is 0 Å². The van der Waals surface area contributed by atoms with Crippen LogP contribution in [0.25, 0.3) is 0 Å². The molecule has 0 bridgehead atoms. The molecule has 0 aromatic heterocycles. The molecule has 0 saturated heterocycles. The Bertz CT molecular complexity index is 895. The van der Waals surface area contributed by atoms with Crippen molar-refractivity contribution in [3.05, 3.63) is 54.1 Å². The highest BCUT2D eigenvalue weighted by Gasteiger charge is 2.28. The minimum atomic E-state index is -0.808. The molecule has 8 nitrogen and oxygen atoms in total. The summed E-state index contributed by atoms with van der Waals surface area (Å²) in [6.07, 6.45) is 0.227. The molecule has 0 aliphatic heterocycles. The Labute approximate surface area is 209 Å². The number of amides is 1. The number of thioether (sulfide) groups is 1. The van der Waals surface area contributed by atoms with Gasteiger partial charge in [0.25, 0.3) is 0 Å². The monoisotopic (exact) mass is 509 g/mol. The molecular formula is C24H31NO7S2. The van der Waals surface area contributed by atoms with E-state index >= 15 is 0 Å². The molecule has 0 radical (unpaired) electrons. The lowest BCUT2D eigenvalue weighted by Crippen LogP contribution is -2.30. The normalized spacial score (nSPS) is 12.5. The molecule has 0 aliphatic carbocycles. The SMILES string of the molecule is CCO[C@@H](CCOC(=O)CS)[C@@H](OC(=O)Nc1ccc(SC)cc1)c1cccc(OCCO)c1. The largest absolute Gasteiger partial charge is 0.491 e. The van der Waals surface area contributed by atoms with Crippen LogP contribution < -0.4 is 10.1 Å². The molecule has 0 unspecified atom stereocenters. The van der Waals surface area contributed by atoms with Gasteiger partial charge in [-0.2, -0.15) is 12.6 Å². The Hall–Kier alpha value is -2.40. The lowest BCUT2D eigenvalue weighted by atomic mass is 10.0. The summed E-state index contributed by atoms with van der Waals surface area (Å²) in [7, 11) is 0. The number of ether oxygens (including phenoxy) is 4. The van der Waals surface area contributed by atoms with Crippen LogP contribution >= 0.6 is 24.4 Å². The molecule has 10 heteroatoms. The lowest BCUT2D eigenvalue weighted by Gasteiger charge is -2.27. The van der Waals surface area contributed by atoms with Crippen molar-refractivity contribution >= 4 is 42.1 Å². The quantitative estimate of drug-likeness (QED) is 0.196. The van der Waals surface area contributed by atoms with Crippen LogP contribution in [0.15, 0.2) is 53.4 Å². The zero-order valence-corrected chi connectivity index (χ0v) is 21.0. The van der Waals surface area contributed by atoms with Crippen LogP contribution in [0.3, 0.4) is 0 Å². The number of nitrogens with one attached hydrogen (secondary N) is 1. The molecule has 0 aliphatic rings. The minimum absolute atomic E-state index is 0.0266. The van der Waals surface area contributed by atoms with E-state index in [1.807, 2.05) is 25.3 Å². The molecule has 2 atom stereocenters. The van der Waals surface area contributed by atoms with E-state index in [-0.39, 0.29) is 25.6 Å². The smallest absolute Gasteiger partial charge is 0.412 e. The topological polar surface area (TPSA) is 103 Å². The van der Waals surface area contributed by atoms with Gasteiger partial charge >= 0.3 is 12.1 Å². The van der Waals surface area contributed by atoms with E-state index in [2.05, 4.69) is 17.9 Å². The van der Waals surface area contributed by atoms with Crippen molar-refractivity contribution in [2.24, 2.45) is 0 Å². The Morgan fingerprint density at radius 2 is 1.91 bits per heavy atom. The minimum Gasteiger partial charge on any atom is -0.491 e. The number of carbonyl (C=O) groups is 2. The Balaban J connectivity index is 2.23. The highest BCUT2D eigenvalue weighted by atomic mass is 32.2. The fraction of sp³-hybridized carbons (Fsp3) is 0.417. The average molecular weight is 510 g/mol. The summed E-state index contributed by atoms with van der Waals surface area (Å²) in [5.74, 6) is 0.0492. The first-order valence-corrected chi connectivity index (χ1v) is 12.7. The number of aliphatic hydroxyl groups is 1. The fourth-order valence-corrected chi connectivity index (χ4v) is 3.61. The summed E-state index contributed by atoms with van der Waals surface area (Å²) in [5, 5.41) is 11.8. The van der Waals surface area contributed by atoms with Gasteiger partial charge in [0.15, 0.2) is 6.10 Å². The summed E-state index contributed by atoms with van der Waals surface area (Å²) in [5.41, 5.74) is 1.24. The molecule has 2 rings (SSSR count). The van der Waals surface area contributed by atoms with Crippen LogP contribution in [-0.4, -0.2) is 61.7 Å². The molecule has 1 amide bonds. The summed E-state index contributed by atoms with van der Waals surface area (Å²) < 4.78 is 22.3. The van der Waals surface area contributed by atoms with Crippen LogP contribution in [0.5, 0.6) is 5.75 Å². The van der Waals surface area contributed by atoms with Crippen molar-refractivity contribution in [1.82, 2.24) is 0 Å². The molecule has 0 spiro atoms. The number of benzene rings is 2. The number of esters is 1. The maximum absolute atomic E-state index is 12.8. The van der Waals surface area contributed by atoms with Crippen LogP contribution in [-0.2, 0) is 19.0 Å². The van der Waals surface area contributed by atoms with Crippen molar-refractivity contribution < 1.29 is 33.6 Å². The van der Waals surface area contributed by atoms with Gasteiger partial charge in [0.2, 0.25) is 0 Å². The Kier molecular flexibility index (Phi) is 12.7. The van der Waals surface area contributed by atoms with E-state index in [0.29, 0.717) is 30.0 Å².